The Labute approximate surface area is 127 Å². The van der Waals surface area contributed by atoms with Crippen LogP contribution >= 0.6 is 0 Å². The van der Waals surface area contributed by atoms with Crippen molar-refractivity contribution in [2.45, 2.75) is 19.8 Å². The van der Waals surface area contributed by atoms with Gasteiger partial charge < -0.3 is 15.1 Å². The van der Waals surface area contributed by atoms with E-state index in [0.29, 0.717) is 11.6 Å². The molecule has 1 amide bonds. The van der Waals surface area contributed by atoms with Crippen LogP contribution < -0.4 is 5.32 Å². The quantitative estimate of drug-likeness (QED) is 0.900. The van der Waals surface area contributed by atoms with Gasteiger partial charge in [0.2, 0.25) is 0 Å². The smallest absolute Gasteiger partial charge is 0.272 e. The van der Waals surface area contributed by atoms with Crippen LogP contribution in [0.3, 0.4) is 0 Å². The summed E-state index contributed by atoms with van der Waals surface area (Å²) in [6.07, 6.45) is 4.02. The third kappa shape index (κ3) is 4.43. The molecule has 1 saturated heterocycles. The molecular formula is C16H26N4O. The fourth-order valence-electron chi connectivity index (χ4n) is 2.77. The molecule has 0 spiro atoms. The van der Waals surface area contributed by atoms with Gasteiger partial charge in [-0.25, -0.2) is 0 Å². The molecule has 0 aliphatic carbocycles. The highest BCUT2D eigenvalue weighted by molar-refractivity contribution is 5.92. The van der Waals surface area contributed by atoms with E-state index < -0.39 is 0 Å². The summed E-state index contributed by atoms with van der Waals surface area (Å²) in [5.74, 6) is 0.612. The van der Waals surface area contributed by atoms with E-state index in [9.17, 15) is 4.79 Å². The van der Waals surface area contributed by atoms with Gasteiger partial charge in [-0.15, -0.1) is 0 Å². The number of piperidine rings is 1. The zero-order chi connectivity index (χ0) is 15.2. The molecule has 2 rings (SSSR count). The molecule has 0 unspecified atom stereocenters. The average Bonchev–Trinajstić information content (AvgIpc) is 2.49. The lowest BCUT2D eigenvalue weighted by atomic mass is 9.96. The van der Waals surface area contributed by atoms with Crippen LogP contribution in [-0.2, 0) is 0 Å². The number of aromatic nitrogens is 1. The Kier molecular flexibility index (Phi) is 5.56. The van der Waals surface area contributed by atoms with Gasteiger partial charge in [0.25, 0.3) is 5.91 Å². The van der Waals surface area contributed by atoms with Gasteiger partial charge in [0, 0.05) is 32.0 Å². The highest BCUT2D eigenvalue weighted by Crippen LogP contribution is 2.18. The van der Waals surface area contributed by atoms with Gasteiger partial charge in [-0.1, -0.05) is 0 Å². The third-order valence-corrected chi connectivity index (χ3v) is 4.08. The first-order chi connectivity index (χ1) is 10.1. The van der Waals surface area contributed by atoms with Crippen LogP contribution in [0.15, 0.2) is 18.3 Å². The van der Waals surface area contributed by atoms with E-state index in [2.05, 4.69) is 22.2 Å². The first-order valence-corrected chi connectivity index (χ1v) is 7.74. The van der Waals surface area contributed by atoms with Crippen molar-refractivity contribution in [3.63, 3.8) is 0 Å². The van der Waals surface area contributed by atoms with Crippen molar-refractivity contribution in [1.29, 1.82) is 0 Å². The Bertz CT molecular complexity index is 469. The monoisotopic (exact) mass is 290 g/mol. The number of pyridine rings is 1. The van der Waals surface area contributed by atoms with E-state index in [1.165, 1.54) is 12.8 Å². The molecule has 1 aliphatic rings. The van der Waals surface area contributed by atoms with Gasteiger partial charge in [0.05, 0.1) is 0 Å². The van der Waals surface area contributed by atoms with E-state index >= 15 is 0 Å². The molecule has 1 aromatic heterocycles. The summed E-state index contributed by atoms with van der Waals surface area (Å²) >= 11 is 0. The number of hydrogen-bond donors (Lipinski definition) is 1. The predicted molar refractivity (Wildman–Crippen MR) is 85.6 cm³/mol. The standard InChI is InChI=1S/C16H26N4O/c1-4-17-14-5-8-18-15(11-14)16(21)20(3)12-13-6-9-19(2)10-7-13/h5,8,11,13H,4,6-7,9-10,12H2,1-3H3,(H,17,18). The van der Waals surface area contributed by atoms with Gasteiger partial charge >= 0.3 is 0 Å². The molecule has 0 bridgehead atoms. The maximum atomic E-state index is 12.5. The normalized spacial score (nSPS) is 16.7. The first kappa shape index (κ1) is 15.8. The Morgan fingerprint density at radius 3 is 2.86 bits per heavy atom. The van der Waals surface area contributed by atoms with Crippen molar-refractivity contribution >= 4 is 11.6 Å². The van der Waals surface area contributed by atoms with Crippen LogP contribution in [0.1, 0.15) is 30.3 Å². The van der Waals surface area contributed by atoms with Crippen LogP contribution in [0, 0.1) is 5.92 Å². The number of amides is 1. The second kappa shape index (κ2) is 7.41. The Balaban J connectivity index is 1.94. The number of carbonyl (C=O) groups excluding carboxylic acids is 1. The molecule has 1 aliphatic heterocycles. The van der Waals surface area contributed by atoms with Gasteiger partial charge in [-0.05, 0) is 58.0 Å². The van der Waals surface area contributed by atoms with E-state index in [1.54, 1.807) is 6.20 Å². The second-order valence-corrected chi connectivity index (χ2v) is 5.89. The summed E-state index contributed by atoms with van der Waals surface area (Å²) < 4.78 is 0. The van der Waals surface area contributed by atoms with E-state index in [4.69, 9.17) is 0 Å². The van der Waals surface area contributed by atoms with Crippen molar-refractivity contribution in [2.75, 3.05) is 45.6 Å². The fourth-order valence-corrected chi connectivity index (χ4v) is 2.77. The van der Waals surface area contributed by atoms with Gasteiger partial charge in [0.15, 0.2) is 0 Å². The molecule has 2 heterocycles. The maximum absolute atomic E-state index is 12.5. The van der Waals surface area contributed by atoms with Crippen molar-refractivity contribution in [2.24, 2.45) is 5.92 Å². The van der Waals surface area contributed by atoms with Crippen LogP contribution in [0.4, 0.5) is 5.69 Å². The fraction of sp³-hybridized carbons (Fsp3) is 0.625. The summed E-state index contributed by atoms with van der Waals surface area (Å²) in [4.78, 5) is 20.8. The van der Waals surface area contributed by atoms with Crippen molar-refractivity contribution in [3.8, 4) is 0 Å². The van der Waals surface area contributed by atoms with Crippen LogP contribution in [-0.4, -0.2) is 61.0 Å². The minimum Gasteiger partial charge on any atom is -0.385 e. The molecule has 5 nitrogen and oxygen atoms in total. The lowest BCUT2D eigenvalue weighted by molar-refractivity contribution is 0.0741. The van der Waals surface area contributed by atoms with Crippen molar-refractivity contribution in [3.05, 3.63) is 24.0 Å². The lowest BCUT2D eigenvalue weighted by Gasteiger charge is -2.31. The number of hydrogen-bond acceptors (Lipinski definition) is 4. The van der Waals surface area contributed by atoms with E-state index in [1.807, 2.05) is 31.0 Å². The summed E-state index contributed by atoms with van der Waals surface area (Å²) in [6.45, 7) is 5.94. The Hall–Kier alpha value is -1.62. The predicted octanol–water partition coefficient (Wildman–Crippen LogP) is 1.93. The first-order valence-electron chi connectivity index (χ1n) is 7.74. The third-order valence-electron chi connectivity index (χ3n) is 4.08. The van der Waals surface area contributed by atoms with Crippen molar-refractivity contribution in [1.82, 2.24) is 14.8 Å². The summed E-state index contributed by atoms with van der Waals surface area (Å²) in [5.41, 5.74) is 1.47. The maximum Gasteiger partial charge on any atom is 0.272 e. The molecule has 1 fully saturated rings. The van der Waals surface area contributed by atoms with Crippen LogP contribution in [0.2, 0.25) is 0 Å². The average molecular weight is 290 g/mol. The van der Waals surface area contributed by atoms with E-state index in [0.717, 1.165) is 31.9 Å². The summed E-state index contributed by atoms with van der Waals surface area (Å²) in [6, 6.07) is 3.72. The summed E-state index contributed by atoms with van der Waals surface area (Å²) in [7, 11) is 4.03. The molecule has 1 aromatic rings. The molecule has 1 N–H and O–H groups in total. The number of likely N-dealkylation sites (tertiary alicyclic amines) is 1. The Morgan fingerprint density at radius 2 is 2.19 bits per heavy atom. The molecule has 0 saturated carbocycles. The van der Waals surface area contributed by atoms with Crippen molar-refractivity contribution < 1.29 is 4.79 Å². The van der Waals surface area contributed by atoms with E-state index in [-0.39, 0.29) is 5.91 Å². The Morgan fingerprint density at radius 1 is 1.48 bits per heavy atom. The number of rotatable bonds is 5. The molecular weight excluding hydrogens is 264 g/mol. The lowest BCUT2D eigenvalue weighted by Crippen LogP contribution is -2.38. The van der Waals surface area contributed by atoms with Crippen LogP contribution in [0.5, 0.6) is 0 Å². The zero-order valence-corrected chi connectivity index (χ0v) is 13.3. The number of nitrogens with zero attached hydrogens (tertiary/aromatic N) is 3. The number of nitrogens with one attached hydrogen (secondary N) is 1. The molecule has 0 atom stereocenters. The van der Waals surface area contributed by atoms with Crippen LogP contribution in [0.25, 0.3) is 0 Å². The largest absolute Gasteiger partial charge is 0.385 e. The molecule has 116 valence electrons. The highest BCUT2D eigenvalue weighted by atomic mass is 16.2. The molecule has 5 heteroatoms. The number of carbonyl (C=O) groups is 1. The van der Waals surface area contributed by atoms with Gasteiger partial charge in [-0.3, -0.25) is 9.78 Å². The highest BCUT2D eigenvalue weighted by Gasteiger charge is 2.21. The van der Waals surface area contributed by atoms with Gasteiger partial charge in [-0.2, -0.15) is 0 Å². The minimum atomic E-state index is 0.00804. The summed E-state index contributed by atoms with van der Waals surface area (Å²) in [5, 5.41) is 3.21. The topological polar surface area (TPSA) is 48.5 Å². The molecule has 21 heavy (non-hydrogen) atoms. The second-order valence-electron chi connectivity index (χ2n) is 5.89. The SMILES string of the molecule is CCNc1ccnc(C(=O)N(C)CC2CCN(C)CC2)c1. The zero-order valence-electron chi connectivity index (χ0n) is 13.3. The van der Waals surface area contributed by atoms with Gasteiger partial charge in [0.1, 0.15) is 5.69 Å². The minimum absolute atomic E-state index is 0.00804. The molecule has 0 radical (unpaired) electrons. The molecule has 0 aromatic carbocycles. The number of anilines is 1.